The molecule has 2 heterocycles. The Morgan fingerprint density at radius 1 is 1.17 bits per heavy atom. The highest BCUT2D eigenvalue weighted by Crippen LogP contribution is 2.25. The second kappa shape index (κ2) is 4.21. The van der Waals surface area contributed by atoms with Crippen molar-refractivity contribution in [3.63, 3.8) is 0 Å². The van der Waals surface area contributed by atoms with Gasteiger partial charge in [0.2, 0.25) is 5.88 Å². The first kappa shape index (κ1) is 11.4. The fourth-order valence-corrected chi connectivity index (χ4v) is 2.57. The molecule has 1 N–H and O–H groups in total. The fraction of sp³-hybridized carbons (Fsp3) is 0.308. The highest BCUT2D eigenvalue weighted by molar-refractivity contribution is 6.30. The summed E-state index contributed by atoms with van der Waals surface area (Å²) in [5.74, 6) is 0.0574. The number of fused-ring (bicyclic) bond motifs is 1. The van der Waals surface area contributed by atoms with Crippen molar-refractivity contribution in [3.8, 4) is 11.6 Å². The molecule has 94 valence electrons. The molecular formula is C13H13ClN2O2. The van der Waals surface area contributed by atoms with E-state index < -0.39 is 0 Å². The molecule has 1 aliphatic rings. The van der Waals surface area contributed by atoms with E-state index in [0.717, 1.165) is 25.0 Å². The summed E-state index contributed by atoms with van der Waals surface area (Å²) in [5, 5.41) is 10.8. The van der Waals surface area contributed by atoms with E-state index in [2.05, 4.69) is 0 Å². The van der Waals surface area contributed by atoms with Gasteiger partial charge in [0.05, 0.1) is 11.4 Å². The van der Waals surface area contributed by atoms with Gasteiger partial charge >= 0.3 is 5.69 Å². The van der Waals surface area contributed by atoms with E-state index in [9.17, 15) is 9.90 Å². The van der Waals surface area contributed by atoms with Crippen molar-refractivity contribution >= 4 is 11.6 Å². The van der Waals surface area contributed by atoms with E-state index in [1.165, 1.54) is 4.57 Å². The molecule has 0 unspecified atom stereocenters. The van der Waals surface area contributed by atoms with Crippen LogP contribution < -0.4 is 5.69 Å². The van der Waals surface area contributed by atoms with Crippen LogP contribution in [0.5, 0.6) is 5.88 Å². The van der Waals surface area contributed by atoms with Crippen LogP contribution in [0, 0.1) is 0 Å². The molecule has 4 nitrogen and oxygen atoms in total. The molecule has 0 fully saturated rings. The Kier molecular flexibility index (Phi) is 2.67. The van der Waals surface area contributed by atoms with Gasteiger partial charge in [0, 0.05) is 11.6 Å². The van der Waals surface area contributed by atoms with Crippen LogP contribution in [0.2, 0.25) is 5.02 Å². The largest absolute Gasteiger partial charge is 0.493 e. The normalized spacial score (nSPS) is 14.5. The monoisotopic (exact) mass is 264 g/mol. The van der Waals surface area contributed by atoms with Crippen LogP contribution in [0.15, 0.2) is 29.1 Å². The first-order valence-corrected chi connectivity index (χ1v) is 6.35. The van der Waals surface area contributed by atoms with Crippen LogP contribution in [0.1, 0.15) is 18.5 Å². The van der Waals surface area contributed by atoms with Gasteiger partial charge in [-0.05, 0) is 43.5 Å². The van der Waals surface area contributed by atoms with Gasteiger partial charge < -0.3 is 5.11 Å². The SMILES string of the molecule is O=c1n2c(c(O)n1-c1ccc(Cl)cc1)CCCC2. The molecule has 3 rings (SSSR count). The van der Waals surface area contributed by atoms with Gasteiger partial charge in [-0.25, -0.2) is 9.36 Å². The Balaban J connectivity index is 2.21. The molecule has 18 heavy (non-hydrogen) atoms. The topological polar surface area (TPSA) is 47.2 Å². The van der Waals surface area contributed by atoms with Crippen LogP contribution in [0.4, 0.5) is 0 Å². The van der Waals surface area contributed by atoms with E-state index in [-0.39, 0.29) is 11.6 Å². The van der Waals surface area contributed by atoms with Crippen molar-refractivity contribution in [1.82, 2.24) is 9.13 Å². The first-order valence-electron chi connectivity index (χ1n) is 5.98. The van der Waals surface area contributed by atoms with Crippen molar-refractivity contribution in [2.75, 3.05) is 0 Å². The zero-order valence-electron chi connectivity index (χ0n) is 9.77. The third-order valence-electron chi connectivity index (χ3n) is 3.35. The summed E-state index contributed by atoms with van der Waals surface area (Å²) in [4.78, 5) is 12.3. The average Bonchev–Trinajstić information content (AvgIpc) is 2.64. The van der Waals surface area contributed by atoms with Gasteiger partial charge in [0.25, 0.3) is 0 Å². The second-order valence-electron chi connectivity index (χ2n) is 4.47. The molecule has 0 bridgehead atoms. The summed E-state index contributed by atoms with van der Waals surface area (Å²) < 4.78 is 3.00. The number of aromatic nitrogens is 2. The lowest BCUT2D eigenvalue weighted by Gasteiger charge is -2.11. The first-order chi connectivity index (χ1) is 8.68. The van der Waals surface area contributed by atoms with Crippen molar-refractivity contribution in [2.24, 2.45) is 0 Å². The molecule has 0 spiro atoms. The third-order valence-corrected chi connectivity index (χ3v) is 3.60. The summed E-state index contributed by atoms with van der Waals surface area (Å²) >= 11 is 5.82. The van der Waals surface area contributed by atoms with Crippen LogP contribution in [-0.2, 0) is 13.0 Å². The standard InChI is InChI=1S/C13H13ClN2O2/c14-9-4-6-10(7-5-9)16-12(17)11-3-1-2-8-15(11)13(16)18/h4-7,17H,1-3,8H2. The molecule has 1 aliphatic heterocycles. The van der Waals surface area contributed by atoms with Crippen LogP contribution in [-0.4, -0.2) is 14.2 Å². The number of nitrogens with zero attached hydrogens (tertiary/aromatic N) is 2. The van der Waals surface area contributed by atoms with E-state index in [1.807, 2.05) is 0 Å². The van der Waals surface area contributed by atoms with Gasteiger partial charge in [0.15, 0.2) is 0 Å². The Hall–Kier alpha value is -1.68. The highest BCUT2D eigenvalue weighted by atomic mass is 35.5. The highest BCUT2D eigenvalue weighted by Gasteiger charge is 2.22. The molecule has 0 amide bonds. The van der Waals surface area contributed by atoms with Gasteiger partial charge in [-0.1, -0.05) is 11.6 Å². The number of halogens is 1. The van der Waals surface area contributed by atoms with E-state index >= 15 is 0 Å². The molecule has 1 aromatic heterocycles. The van der Waals surface area contributed by atoms with Crippen molar-refractivity contribution < 1.29 is 5.11 Å². The van der Waals surface area contributed by atoms with E-state index in [4.69, 9.17) is 11.6 Å². The molecule has 0 radical (unpaired) electrons. The lowest BCUT2D eigenvalue weighted by molar-refractivity contribution is 0.426. The number of hydrogen-bond acceptors (Lipinski definition) is 2. The Labute approximate surface area is 109 Å². The van der Waals surface area contributed by atoms with Gasteiger partial charge in [-0.15, -0.1) is 0 Å². The lowest BCUT2D eigenvalue weighted by atomic mass is 10.1. The maximum Gasteiger partial charge on any atom is 0.335 e. The maximum absolute atomic E-state index is 12.3. The number of imidazole rings is 1. The van der Waals surface area contributed by atoms with Crippen molar-refractivity contribution in [2.45, 2.75) is 25.8 Å². The minimum atomic E-state index is -0.176. The number of aromatic hydroxyl groups is 1. The molecule has 0 aliphatic carbocycles. The van der Waals surface area contributed by atoms with E-state index in [0.29, 0.717) is 17.3 Å². The molecule has 0 saturated carbocycles. The van der Waals surface area contributed by atoms with Gasteiger partial charge in [0.1, 0.15) is 0 Å². The quantitative estimate of drug-likeness (QED) is 0.859. The zero-order valence-corrected chi connectivity index (χ0v) is 10.5. The average molecular weight is 265 g/mol. The number of benzene rings is 1. The van der Waals surface area contributed by atoms with Crippen LogP contribution in [0.3, 0.4) is 0 Å². The van der Waals surface area contributed by atoms with Crippen LogP contribution >= 0.6 is 11.6 Å². The predicted octanol–water partition coefficient (Wildman–Crippen LogP) is 2.33. The molecule has 1 aromatic carbocycles. The number of rotatable bonds is 1. The molecule has 0 atom stereocenters. The second-order valence-corrected chi connectivity index (χ2v) is 4.91. The zero-order chi connectivity index (χ0) is 12.7. The Morgan fingerprint density at radius 2 is 1.89 bits per heavy atom. The summed E-state index contributed by atoms with van der Waals surface area (Å²) in [6.07, 6.45) is 2.75. The van der Waals surface area contributed by atoms with E-state index in [1.54, 1.807) is 28.8 Å². The summed E-state index contributed by atoms with van der Waals surface area (Å²) in [6.45, 7) is 0.683. The molecule has 0 saturated heterocycles. The van der Waals surface area contributed by atoms with Gasteiger partial charge in [-0.2, -0.15) is 0 Å². The van der Waals surface area contributed by atoms with Crippen molar-refractivity contribution in [1.29, 1.82) is 0 Å². The summed E-state index contributed by atoms with van der Waals surface area (Å²) in [5.41, 5.74) is 1.20. The molecule has 5 heteroatoms. The number of hydrogen-bond donors (Lipinski definition) is 1. The molecular weight excluding hydrogens is 252 g/mol. The Morgan fingerprint density at radius 3 is 2.56 bits per heavy atom. The minimum Gasteiger partial charge on any atom is -0.493 e. The molecule has 2 aromatic rings. The van der Waals surface area contributed by atoms with Crippen molar-refractivity contribution in [3.05, 3.63) is 45.5 Å². The Bertz CT molecular complexity index is 640. The fourth-order valence-electron chi connectivity index (χ4n) is 2.44. The van der Waals surface area contributed by atoms with Crippen LogP contribution in [0.25, 0.3) is 5.69 Å². The lowest BCUT2D eigenvalue weighted by Crippen LogP contribution is -2.25. The minimum absolute atomic E-state index is 0.0574. The van der Waals surface area contributed by atoms with Gasteiger partial charge in [-0.3, -0.25) is 4.57 Å². The predicted molar refractivity (Wildman–Crippen MR) is 69.6 cm³/mol. The summed E-state index contributed by atoms with van der Waals surface area (Å²) in [6, 6.07) is 6.88. The smallest absolute Gasteiger partial charge is 0.335 e. The third kappa shape index (κ3) is 1.64. The maximum atomic E-state index is 12.3. The summed E-state index contributed by atoms with van der Waals surface area (Å²) in [7, 11) is 0.